The van der Waals surface area contributed by atoms with Crippen molar-refractivity contribution in [2.75, 3.05) is 18.0 Å². The second-order valence-corrected chi connectivity index (χ2v) is 7.24. The van der Waals surface area contributed by atoms with Crippen LogP contribution in [0.25, 0.3) is 10.9 Å². The first-order chi connectivity index (χ1) is 10.7. The summed E-state index contributed by atoms with van der Waals surface area (Å²) in [7, 11) is 0. The normalized spacial score (nSPS) is 28.6. The number of aliphatic hydroxyl groups excluding tert-OH is 1. The summed E-state index contributed by atoms with van der Waals surface area (Å²) in [4.78, 5) is 7.16. The van der Waals surface area contributed by atoms with Crippen molar-refractivity contribution in [3.05, 3.63) is 35.4 Å². The van der Waals surface area contributed by atoms with Gasteiger partial charge in [0, 0.05) is 28.9 Å². The van der Waals surface area contributed by atoms with Crippen molar-refractivity contribution in [2.24, 2.45) is 5.41 Å². The number of hydrogen-bond donors (Lipinski definition) is 1. The number of aromatic nitrogens is 1. The molecule has 3 nitrogen and oxygen atoms in total. The standard InChI is InChI=1S/C18H21ClN2O/c19-14-5-6-15-13(11-14)4-7-17(20-15)21-10-2-9-18(12-21)8-1-3-16(18)22/h4-7,11,16,22H,1-3,8-10,12H2/t16-,18+/m1/s1. The van der Waals surface area contributed by atoms with E-state index in [0.29, 0.717) is 0 Å². The summed E-state index contributed by atoms with van der Waals surface area (Å²) in [5.74, 6) is 1.02. The third-order valence-electron chi connectivity index (χ3n) is 5.43. The average molecular weight is 317 g/mol. The van der Waals surface area contributed by atoms with E-state index < -0.39 is 0 Å². The van der Waals surface area contributed by atoms with Crippen LogP contribution in [0.3, 0.4) is 0 Å². The van der Waals surface area contributed by atoms with Gasteiger partial charge < -0.3 is 10.0 Å². The smallest absolute Gasteiger partial charge is 0.129 e. The zero-order valence-electron chi connectivity index (χ0n) is 12.6. The third-order valence-corrected chi connectivity index (χ3v) is 5.66. The fourth-order valence-electron chi connectivity index (χ4n) is 4.21. The maximum atomic E-state index is 10.4. The van der Waals surface area contributed by atoms with E-state index in [-0.39, 0.29) is 11.5 Å². The van der Waals surface area contributed by atoms with Crippen molar-refractivity contribution in [1.82, 2.24) is 4.98 Å². The van der Waals surface area contributed by atoms with Crippen molar-refractivity contribution < 1.29 is 5.11 Å². The van der Waals surface area contributed by atoms with Gasteiger partial charge in [-0.3, -0.25) is 0 Å². The number of hydrogen-bond acceptors (Lipinski definition) is 3. The van der Waals surface area contributed by atoms with Gasteiger partial charge in [-0.1, -0.05) is 18.0 Å². The molecule has 1 N–H and O–H groups in total. The lowest BCUT2D eigenvalue weighted by Crippen LogP contribution is -2.47. The molecule has 116 valence electrons. The van der Waals surface area contributed by atoms with E-state index in [1.54, 1.807) is 0 Å². The van der Waals surface area contributed by atoms with Gasteiger partial charge in [-0.15, -0.1) is 0 Å². The van der Waals surface area contributed by atoms with Gasteiger partial charge in [-0.25, -0.2) is 4.98 Å². The zero-order chi connectivity index (χ0) is 15.2. The van der Waals surface area contributed by atoms with Crippen molar-refractivity contribution in [3.8, 4) is 0 Å². The summed E-state index contributed by atoms with van der Waals surface area (Å²) in [6, 6.07) is 9.99. The molecule has 4 heteroatoms. The van der Waals surface area contributed by atoms with Crippen LogP contribution >= 0.6 is 11.6 Å². The minimum atomic E-state index is -0.144. The molecule has 0 radical (unpaired) electrons. The fraction of sp³-hybridized carbons (Fsp3) is 0.500. The summed E-state index contributed by atoms with van der Waals surface area (Å²) >= 11 is 6.04. The van der Waals surface area contributed by atoms with Crippen LogP contribution in [0.5, 0.6) is 0 Å². The van der Waals surface area contributed by atoms with Crippen LogP contribution in [0.4, 0.5) is 5.82 Å². The Morgan fingerprint density at radius 1 is 1.18 bits per heavy atom. The summed E-state index contributed by atoms with van der Waals surface area (Å²) in [6.45, 7) is 1.96. The highest BCUT2D eigenvalue weighted by molar-refractivity contribution is 6.31. The van der Waals surface area contributed by atoms with Gasteiger partial charge >= 0.3 is 0 Å². The van der Waals surface area contributed by atoms with Crippen molar-refractivity contribution in [1.29, 1.82) is 0 Å². The molecule has 0 unspecified atom stereocenters. The molecule has 1 spiro atoms. The lowest BCUT2D eigenvalue weighted by atomic mass is 9.76. The number of anilines is 1. The van der Waals surface area contributed by atoms with Crippen LogP contribution in [-0.4, -0.2) is 29.3 Å². The molecule has 2 atom stereocenters. The SMILES string of the molecule is O[C@@H]1CCC[C@@]12CCCN(c1ccc3cc(Cl)ccc3n1)C2. The van der Waals surface area contributed by atoms with Crippen LogP contribution in [0.2, 0.25) is 5.02 Å². The molecule has 4 rings (SSSR count). The number of fused-ring (bicyclic) bond motifs is 1. The Morgan fingerprint density at radius 3 is 2.86 bits per heavy atom. The molecule has 2 aliphatic rings. The lowest BCUT2D eigenvalue weighted by Gasteiger charge is -2.43. The summed E-state index contributed by atoms with van der Waals surface area (Å²) in [6.07, 6.45) is 5.39. The van der Waals surface area contributed by atoms with Gasteiger partial charge in [0.15, 0.2) is 0 Å². The van der Waals surface area contributed by atoms with Crippen molar-refractivity contribution in [3.63, 3.8) is 0 Å². The molecule has 1 aromatic carbocycles. The third kappa shape index (κ3) is 2.37. The highest BCUT2D eigenvalue weighted by atomic mass is 35.5. The monoisotopic (exact) mass is 316 g/mol. The second kappa shape index (κ2) is 5.39. The molecular weight excluding hydrogens is 296 g/mol. The molecule has 2 aromatic rings. The Balaban J connectivity index is 1.65. The fourth-order valence-corrected chi connectivity index (χ4v) is 4.39. The molecule has 1 aliphatic heterocycles. The highest BCUT2D eigenvalue weighted by Crippen LogP contribution is 2.45. The Kier molecular flexibility index (Phi) is 3.50. The van der Waals surface area contributed by atoms with Crippen LogP contribution < -0.4 is 4.90 Å². The van der Waals surface area contributed by atoms with Gasteiger partial charge in [0.25, 0.3) is 0 Å². The number of rotatable bonds is 1. The van der Waals surface area contributed by atoms with Gasteiger partial charge in [0.05, 0.1) is 11.6 Å². The quantitative estimate of drug-likeness (QED) is 0.863. The highest BCUT2D eigenvalue weighted by Gasteiger charge is 2.44. The van der Waals surface area contributed by atoms with E-state index in [2.05, 4.69) is 17.0 Å². The van der Waals surface area contributed by atoms with E-state index in [0.717, 1.165) is 66.9 Å². The Bertz CT molecular complexity index is 705. The lowest BCUT2D eigenvalue weighted by molar-refractivity contribution is 0.0408. The first-order valence-corrected chi connectivity index (χ1v) is 8.53. The van der Waals surface area contributed by atoms with Gasteiger partial charge in [-0.05, 0) is 56.0 Å². The van der Waals surface area contributed by atoms with Gasteiger partial charge in [0.1, 0.15) is 5.82 Å². The number of nitrogens with zero attached hydrogens (tertiary/aromatic N) is 2. The van der Waals surface area contributed by atoms with E-state index in [4.69, 9.17) is 16.6 Å². The number of halogens is 1. The Morgan fingerprint density at radius 2 is 2.05 bits per heavy atom. The van der Waals surface area contributed by atoms with Crippen LogP contribution in [0.15, 0.2) is 30.3 Å². The Hall–Kier alpha value is -1.32. The van der Waals surface area contributed by atoms with E-state index >= 15 is 0 Å². The summed E-state index contributed by atoms with van der Waals surface area (Å²) in [5, 5.41) is 12.2. The zero-order valence-corrected chi connectivity index (χ0v) is 13.4. The molecule has 0 bridgehead atoms. The molecule has 1 aliphatic carbocycles. The number of pyridine rings is 1. The van der Waals surface area contributed by atoms with Crippen LogP contribution in [0.1, 0.15) is 32.1 Å². The van der Waals surface area contributed by atoms with Crippen LogP contribution in [0, 0.1) is 5.41 Å². The minimum Gasteiger partial charge on any atom is -0.392 e. The molecular formula is C18H21ClN2O. The largest absolute Gasteiger partial charge is 0.392 e. The molecule has 1 saturated heterocycles. The minimum absolute atomic E-state index is 0.0921. The summed E-state index contributed by atoms with van der Waals surface area (Å²) in [5.41, 5.74) is 1.07. The van der Waals surface area contributed by atoms with E-state index in [1.807, 2.05) is 18.2 Å². The maximum absolute atomic E-state index is 10.4. The molecule has 2 fully saturated rings. The molecule has 2 heterocycles. The van der Waals surface area contributed by atoms with E-state index in [9.17, 15) is 5.11 Å². The number of aliphatic hydroxyl groups is 1. The molecule has 1 saturated carbocycles. The van der Waals surface area contributed by atoms with Crippen molar-refractivity contribution in [2.45, 2.75) is 38.2 Å². The molecule has 22 heavy (non-hydrogen) atoms. The molecule has 0 amide bonds. The molecule has 1 aromatic heterocycles. The second-order valence-electron chi connectivity index (χ2n) is 6.80. The summed E-state index contributed by atoms with van der Waals surface area (Å²) < 4.78 is 0. The Labute approximate surface area is 135 Å². The maximum Gasteiger partial charge on any atom is 0.129 e. The van der Waals surface area contributed by atoms with Crippen LogP contribution in [-0.2, 0) is 0 Å². The van der Waals surface area contributed by atoms with E-state index in [1.165, 1.54) is 0 Å². The average Bonchev–Trinajstić information content (AvgIpc) is 2.87. The first-order valence-electron chi connectivity index (χ1n) is 8.16. The number of piperidine rings is 1. The predicted octanol–water partition coefficient (Wildman–Crippen LogP) is 4.02. The topological polar surface area (TPSA) is 36.4 Å². The van der Waals surface area contributed by atoms with Gasteiger partial charge in [0.2, 0.25) is 0 Å². The number of benzene rings is 1. The first kappa shape index (κ1) is 14.3. The van der Waals surface area contributed by atoms with Crippen molar-refractivity contribution >= 4 is 28.3 Å². The van der Waals surface area contributed by atoms with Gasteiger partial charge in [-0.2, -0.15) is 0 Å². The predicted molar refractivity (Wildman–Crippen MR) is 90.5 cm³/mol.